The van der Waals surface area contributed by atoms with Crippen LogP contribution < -0.4 is 15.4 Å². The molecule has 0 saturated carbocycles. The van der Waals surface area contributed by atoms with E-state index in [1.807, 2.05) is 42.5 Å². The number of halogens is 1. The molecule has 2 N–H and O–H groups in total. The minimum atomic E-state index is -0.822. The van der Waals surface area contributed by atoms with Crippen LogP contribution in [0.4, 0.5) is 0 Å². The van der Waals surface area contributed by atoms with Crippen molar-refractivity contribution in [3.63, 3.8) is 0 Å². The Balaban J connectivity index is 1.79. The van der Waals surface area contributed by atoms with Gasteiger partial charge in [0.15, 0.2) is 0 Å². The van der Waals surface area contributed by atoms with Crippen LogP contribution in [0.25, 0.3) is 0 Å². The summed E-state index contributed by atoms with van der Waals surface area (Å²) in [6.07, 6.45) is 0.662. The average molecular weight is 403 g/mol. The molecule has 2 unspecified atom stereocenters. The first-order chi connectivity index (χ1) is 12.1. The Morgan fingerprint density at radius 2 is 1.88 bits per heavy atom. The first kappa shape index (κ1) is 17.5. The van der Waals surface area contributed by atoms with Crippen LogP contribution in [0.2, 0.25) is 0 Å². The first-order valence-electron chi connectivity index (χ1n) is 8.19. The molecule has 1 saturated heterocycles. The van der Waals surface area contributed by atoms with E-state index >= 15 is 0 Å². The molecule has 0 bridgehead atoms. The minimum absolute atomic E-state index is 0.143. The summed E-state index contributed by atoms with van der Waals surface area (Å²) < 4.78 is 6.86. The maximum absolute atomic E-state index is 12.8. The van der Waals surface area contributed by atoms with Gasteiger partial charge in [-0.15, -0.1) is 0 Å². The van der Waals surface area contributed by atoms with Gasteiger partial charge >= 0.3 is 0 Å². The van der Waals surface area contributed by atoms with Crippen LogP contribution in [-0.2, 0) is 9.59 Å². The van der Waals surface area contributed by atoms with E-state index in [0.29, 0.717) is 18.7 Å². The number of rotatable bonds is 5. The number of hydrogen-bond acceptors (Lipinski definition) is 3. The van der Waals surface area contributed by atoms with Crippen molar-refractivity contribution in [3.8, 4) is 5.75 Å². The Hall–Kier alpha value is -2.34. The lowest BCUT2D eigenvalue weighted by atomic mass is 10.0. The second-order valence-corrected chi connectivity index (χ2v) is 6.77. The summed E-state index contributed by atoms with van der Waals surface area (Å²) in [6.45, 7) is 0.655. The highest BCUT2D eigenvalue weighted by atomic mass is 79.9. The van der Waals surface area contributed by atoms with Gasteiger partial charge in [0.1, 0.15) is 11.8 Å². The molecule has 1 aliphatic heterocycles. The molecular weight excluding hydrogens is 384 g/mol. The molecule has 0 spiro atoms. The molecule has 2 amide bonds. The standard InChI is InChI=1S/C19H19BrN2O3/c20-14-8-10-15(11-9-14)25-17(13-5-2-1-3-6-13)19(24)22-16-7-4-12-21-18(16)23/h1-3,5-6,8-11,16-17H,4,7,12H2,(H,21,23)(H,22,24). The Morgan fingerprint density at radius 3 is 2.56 bits per heavy atom. The van der Waals surface area contributed by atoms with Gasteiger partial charge in [0.25, 0.3) is 5.91 Å². The van der Waals surface area contributed by atoms with E-state index in [2.05, 4.69) is 26.6 Å². The van der Waals surface area contributed by atoms with Gasteiger partial charge in [-0.25, -0.2) is 0 Å². The van der Waals surface area contributed by atoms with Crippen LogP contribution in [0.5, 0.6) is 5.75 Å². The van der Waals surface area contributed by atoms with Crippen LogP contribution in [-0.4, -0.2) is 24.4 Å². The van der Waals surface area contributed by atoms with Crippen molar-refractivity contribution in [3.05, 3.63) is 64.6 Å². The third-order valence-corrected chi connectivity index (χ3v) is 4.54. The predicted molar refractivity (Wildman–Crippen MR) is 98.1 cm³/mol. The zero-order valence-corrected chi connectivity index (χ0v) is 15.2. The maximum Gasteiger partial charge on any atom is 0.266 e. The largest absolute Gasteiger partial charge is 0.476 e. The number of piperidine rings is 1. The molecule has 2 atom stereocenters. The van der Waals surface area contributed by atoms with Gasteiger partial charge in [-0.3, -0.25) is 9.59 Å². The fourth-order valence-electron chi connectivity index (χ4n) is 2.71. The third kappa shape index (κ3) is 4.60. The molecule has 1 aliphatic rings. The fourth-order valence-corrected chi connectivity index (χ4v) is 2.97. The summed E-state index contributed by atoms with van der Waals surface area (Å²) in [7, 11) is 0. The Labute approximate surface area is 154 Å². The summed E-state index contributed by atoms with van der Waals surface area (Å²) in [5.41, 5.74) is 0.735. The lowest BCUT2D eigenvalue weighted by Gasteiger charge is -2.26. The van der Waals surface area contributed by atoms with Gasteiger partial charge in [-0.1, -0.05) is 46.3 Å². The van der Waals surface area contributed by atoms with Crippen molar-refractivity contribution >= 4 is 27.7 Å². The lowest BCUT2D eigenvalue weighted by molar-refractivity contribution is -0.134. The topological polar surface area (TPSA) is 67.4 Å². The number of carbonyl (C=O) groups is 2. The van der Waals surface area contributed by atoms with Crippen molar-refractivity contribution in [2.24, 2.45) is 0 Å². The van der Waals surface area contributed by atoms with Gasteiger partial charge in [0.05, 0.1) is 0 Å². The van der Waals surface area contributed by atoms with E-state index in [4.69, 9.17) is 4.74 Å². The molecule has 1 fully saturated rings. The average Bonchev–Trinajstić information content (AvgIpc) is 2.64. The SMILES string of the molecule is O=C1NCCCC1NC(=O)C(Oc1ccc(Br)cc1)c1ccccc1. The molecule has 25 heavy (non-hydrogen) atoms. The van der Waals surface area contributed by atoms with Crippen LogP contribution >= 0.6 is 15.9 Å². The summed E-state index contributed by atoms with van der Waals surface area (Å²) in [6, 6.07) is 16.0. The van der Waals surface area contributed by atoms with E-state index in [9.17, 15) is 9.59 Å². The van der Waals surface area contributed by atoms with Gasteiger partial charge in [0, 0.05) is 16.6 Å². The van der Waals surface area contributed by atoms with E-state index in [1.165, 1.54) is 0 Å². The zero-order chi connectivity index (χ0) is 17.6. The van der Waals surface area contributed by atoms with Gasteiger partial charge in [-0.05, 0) is 37.1 Å². The highest BCUT2D eigenvalue weighted by molar-refractivity contribution is 9.10. The summed E-state index contributed by atoms with van der Waals surface area (Å²) in [5.74, 6) is 0.117. The minimum Gasteiger partial charge on any atom is -0.476 e. The lowest BCUT2D eigenvalue weighted by Crippen LogP contribution is -2.51. The van der Waals surface area contributed by atoms with Gasteiger partial charge in [-0.2, -0.15) is 0 Å². The molecule has 6 heteroatoms. The normalized spacial score (nSPS) is 18.1. The van der Waals surface area contributed by atoms with E-state index in [1.54, 1.807) is 12.1 Å². The van der Waals surface area contributed by atoms with Crippen LogP contribution in [0.1, 0.15) is 24.5 Å². The van der Waals surface area contributed by atoms with Crippen molar-refractivity contribution in [1.82, 2.24) is 10.6 Å². The molecule has 2 aromatic rings. The van der Waals surface area contributed by atoms with Crippen molar-refractivity contribution in [2.75, 3.05) is 6.54 Å². The van der Waals surface area contributed by atoms with Crippen LogP contribution in [0.3, 0.4) is 0 Å². The number of benzene rings is 2. The second kappa shape index (κ2) is 8.16. The van der Waals surface area contributed by atoms with E-state index < -0.39 is 12.1 Å². The molecular formula is C19H19BrN2O3. The fraction of sp³-hybridized carbons (Fsp3) is 0.263. The molecule has 0 radical (unpaired) electrons. The number of ether oxygens (including phenoxy) is 1. The number of amides is 2. The quantitative estimate of drug-likeness (QED) is 0.807. The Morgan fingerprint density at radius 1 is 1.16 bits per heavy atom. The predicted octanol–water partition coefficient (Wildman–Crippen LogP) is 2.96. The summed E-state index contributed by atoms with van der Waals surface area (Å²) in [5, 5.41) is 5.59. The first-order valence-corrected chi connectivity index (χ1v) is 8.98. The Kier molecular flexibility index (Phi) is 5.71. The number of hydrogen-bond donors (Lipinski definition) is 2. The van der Waals surface area contributed by atoms with Crippen molar-refractivity contribution in [2.45, 2.75) is 25.0 Å². The maximum atomic E-state index is 12.8. The monoisotopic (exact) mass is 402 g/mol. The molecule has 3 rings (SSSR count). The summed E-state index contributed by atoms with van der Waals surface area (Å²) >= 11 is 3.38. The molecule has 0 aromatic heterocycles. The van der Waals surface area contributed by atoms with Crippen LogP contribution in [0.15, 0.2) is 59.1 Å². The second-order valence-electron chi connectivity index (χ2n) is 5.86. The number of nitrogens with one attached hydrogen (secondary N) is 2. The molecule has 2 aromatic carbocycles. The zero-order valence-electron chi connectivity index (χ0n) is 13.6. The van der Waals surface area contributed by atoms with Crippen LogP contribution in [0, 0.1) is 0 Å². The highest BCUT2D eigenvalue weighted by Gasteiger charge is 2.29. The molecule has 5 nitrogen and oxygen atoms in total. The van der Waals surface area contributed by atoms with E-state index in [0.717, 1.165) is 16.5 Å². The molecule has 0 aliphatic carbocycles. The van der Waals surface area contributed by atoms with Gasteiger partial charge < -0.3 is 15.4 Å². The van der Waals surface area contributed by atoms with Gasteiger partial charge in [0.2, 0.25) is 12.0 Å². The van der Waals surface area contributed by atoms with Crippen molar-refractivity contribution in [1.29, 1.82) is 0 Å². The third-order valence-electron chi connectivity index (χ3n) is 4.01. The highest BCUT2D eigenvalue weighted by Crippen LogP contribution is 2.24. The van der Waals surface area contributed by atoms with E-state index in [-0.39, 0.29) is 11.8 Å². The van der Waals surface area contributed by atoms with Crippen molar-refractivity contribution < 1.29 is 14.3 Å². The number of carbonyl (C=O) groups excluding carboxylic acids is 2. The molecule has 1 heterocycles. The molecule has 130 valence electrons. The summed E-state index contributed by atoms with van der Waals surface area (Å²) in [4.78, 5) is 24.7. The smallest absolute Gasteiger partial charge is 0.266 e. The Bertz CT molecular complexity index is 734.